The molecule has 0 aliphatic carbocycles. The molecule has 0 fully saturated rings. The predicted molar refractivity (Wildman–Crippen MR) is 69.4 cm³/mol. The maximum atomic E-state index is 11.8. The van der Waals surface area contributed by atoms with Crippen LogP contribution in [0.5, 0.6) is 0 Å². The molecule has 1 aromatic rings. The summed E-state index contributed by atoms with van der Waals surface area (Å²) in [6, 6.07) is 4.53. The van der Waals surface area contributed by atoms with E-state index in [9.17, 15) is 14.4 Å². The molecule has 0 radical (unpaired) electrons. The Morgan fingerprint density at radius 1 is 1.37 bits per heavy atom. The zero-order valence-corrected chi connectivity index (χ0v) is 11.2. The summed E-state index contributed by atoms with van der Waals surface area (Å²) >= 11 is 5.79. The van der Waals surface area contributed by atoms with Crippen molar-refractivity contribution >= 4 is 34.9 Å². The molecule has 0 aromatic heterocycles. The van der Waals surface area contributed by atoms with E-state index in [4.69, 9.17) is 16.3 Å². The summed E-state index contributed by atoms with van der Waals surface area (Å²) in [6.07, 6.45) is -0.273. The highest BCUT2D eigenvalue weighted by Crippen LogP contribution is 2.30. The van der Waals surface area contributed by atoms with E-state index in [1.165, 1.54) is 6.07 Å². The second kappa shape index (κ2) is 5.01. The molecule has 1 aromatic carbocycles. The van der Waals surface area contributed by atoms with Gasteiger partial charge in [-0.15, -0.1) is 0 Å². The first kappa shape index (κ1) is 13.5. The van der Waals surface area contributed by atoms with Gasteiger partial charge in [-0.3, -0.25) is 19.3 Å². The normalized spacial score (nSPS) is 14.0. The Balaban J connectivity index is 2.26. The summed E-state index contributed by atoms with van der Waals surface area (Å²) in [5.41, 5.74) is 0.606. The van der Waals surface area contributed by atoms with Gasteiger partial charge in [0.25, 0.3) is 11.7 Å². The highest BCUT2D eigenvalue weighted by Gasteiger charge is 2.37. The molecular weight excluding hydrogens is 270 g/mol. The van der Waals surface area contributed by atoms with E-state index in [0.29, 0.717) is 10.7 Å². The number of anilines is 1. The Bertz CT molecular complexity index is 568. The van der Waals surface area contributed by atoms with Gasteiger partial charge in [0.15, 0.2) is 0 Å². The fourth-order valence-electron chi connectivity index (χ4n) is 1.86. The Morgan fingerprint density at radius 2 is 2.05 bits per heavy atom. The van der Waals surface area contributed by atoms with E-state index in [1.54, 1.807) is 26.0 Å². The fraction of sp³-hybridized carbons (Fsp3) is 0.308. The van der Waals surface area contributed by atoms with Gasteiger partial charge in [0, 0.05) is 5.02 Å². The maximum absolute atomic E-state index is 11.8. The molecule has 6 heteroatoms. The Morgan fingerprint density at radius 3 is 2.68 bits per heavy atom. The van der Waals surface area contributed by atoms with E-state index in [-0.39, 0.29) is 18.2 Å². The van der Waals surface area contributed by atoms with Crippen LogP contribution in [0.25, 0.3) is 0 Å². The molecule has 0 atom stereocenters. The van der Waals surface area contributed by atoms with Gasteiger partial charge < -0.3 is 4.74 Å². The van der Waals surface area contributed by atoms with Gasteiger partial charge in [-0.05, 0) is 32.0 Å². The van der Waals surface area contributed by atoms with Crippen molar-refractivity contribution < 1.29 is 19.1 Å². The maximum Gasteiger partial charge on any atom is 0.326 e. The van der Waals surface area contributed by atoms with Crippen molar-refractivity contribution in [2.24, 2.45) is 0 Å². The third-order valence-electron chi connectivity index (χ3n) is 2.59. The monoisotopic (exact) mass is 281 g/mol. The fourth-order valence-corrected chi connectivity index (χ4v) is 2.03. The summed E-state index contributed by atoms with van der Waals surface area (Å²) in [7, 11) is 0. The molecule has 5 nitrogen and oxygen atoms in total. The molecule has 0 saturated heterocycles. The van der Waals surface area contributed by atoms with Gasteiger partial charge in [-0.1, -0.05) is 11.6 Å². The average Bonchev–Trinajstić information content (AvgIpc) is 2.53. The molecule has 100 valence electrons. The highest BCUT2D eigenvalue weighted by atomic mass is 35.5. The number of fused-ring (bicyclic) bond motifs is 1. The molecule has 0 saturated carbocycles. The zero-order valence-electron chi connectivity index (χ0n) is 10.5. The Kier molecular flexibility index (Phi) is 3.57. The number of amides is 1. The van der Waals surface area contributed by atoms with Crippen LogP contribution in [0.2, 0.25) is 5.02 Å². The van der Waals surface area contributed by atoms with Crippen molar-refractivity contribution in [3.05, 3.63) is 28.8 Å². The number of ether oxygens (including phenoxy) is 1. The van der Waals surface area contributed by atoms with Crippen LogP contribution in [0, 0.1) is 0 Å². The van der Waals surface area contributed by atoms with Gasteiger partial charge in [0.1, 0.15) is 6.54 Å². The van der Waals surface area contributed by atoms with Crippen LogP contribution in [0.1, 0.15) is 24.2 Å². The predicted octanol–water partition coefficient (Wildman–Crippen LogP) is 1.82. The molecule has 1 amide bonds. The van der Waals surface area contributed by atoms with Crippen LogP contribution in [0.15, 0.2) is 18.2 Å². The van der Waals surface area contributed by atoms with Crippen LogP contribution in [-0.4, -0.2) is 30.3 Å². The number of benzene rings is 1. The van der Waals surface area contributed by atoms with Gasteiger partial charge in [0.2, 0.25) is 0 Å². The smallest absolute Gasteiger partial charge is 0.326 e. The number of ketones is 1. The topological polar surface area (TPSA) is 63.7 Å². The molecule has 0 unspecified atom stereocenters. The zero-order chi connectivity index (χ0) is 14.2. The lowest BCUT2D eigenvalue weighted by molar-refractivity contribution is -0.146. The first-order valence-corrected chi connectivity index (χ1v) is 6.13. The van der Waals surface area contributed by atoms with Crippen molar-refractivity contribution in [3.63, 3.8) is 0 Å². The van der Waals surface area contributed by atoms with Crippen molar-refractivity contribution in [2.75, 3.05) is 11.4 Å². The van der Waals surface area contributed by atoms with Crippen LogP contribution in [0.3, 0.4) is 0 Å². The van der Waals surface area contributed by atoms with Gasteiger partial charge in [-0.25, -0.2) is 0 Å². The summed E-state index contributed by atoms with van der Waals surface area (Å²) < 4.78 is 4.96. The number of halogens is 1. The number of hydrogen-bond donors (Lipinski definition) is 0. The van der Waals surface area contributed by atoms with Gasteiger partial charge in [-0.2, -0.15) is 0 Å². The largest absolute Gasteiger partial charge is 0.462 e. The van der Waals surface area contributed by atoms with Crippen molar-refractivity contribution in [3.8, 4) is 0 Å². The first-order valence-electron chi connectivity index (χ1n) is 5.75. The lowest BCUT2D eigenvalue weighted by Gasteiger charge is -2.16. The van der Waals surface area contributed by atoms with Gasteiger partial charge in [0.05, 0.1) is 17.4 Å². The van der Waals surface area contributed by atoms with E-state index in [1.807, 2.05) is 0 Å². The molecule has 1 aliphatic heterocycles. The molecule has 0 N–H and O–H groups in total. The third kappa shape index (κ3) is 2.61. The quantitative estimate of drug-likeness (QED) is 0.626. The first-order chi connectivity index (χ1) is 8.90. The summed E-state index contributed by atoms with van der Waals surface area (Å²) in [5.74, 6) is -1.95. The van der Waals surface area contributed by atoms with Crippen LogP contribution >= 0.6 is 11.6 Å². The average molecular weight is 282 g/mol. The highest BCUT2D eigenvalue weighted by molar-refractivity contribution is 6.53. The lowest BCUT2D eigenvalue weighted by atomic mass is 10.1. The number of Topliss-reactive ketones (excluding diaryl/α,β-unsaturated/α-hetero) is 1. The van der Waals surface area contributed by atoms with Crippen LogP contribution in [-0.2, 0) is 14.3 Å². The minimum Gasteiger partial charge on any atom is -0.462 e. The van der Waals surface area contributed by atoms with Crippen LogP contribution < -0.4 is 4.90 Å². The Hall–Kier alpha value is -1.88. The van der Waals surface area contributed by atoms with E-state index < -0.39 is 17.7 Å². The van der Waals surface area contributed by atoms with E-state index in [2.05, 4.69) is 0 Å². The number of hydrogen-bond acceptors (Lipinski definition) is 4. The molecule has 0 bridgehead atoms. The molecule has 2 rings (SSSR count). The number of carbonyl (C=O) groups excluding carboxylic acids is 3. The SMILES string of the molecule is CC(C)OC(=O)CN1C(=O)C(=O)c2cc(Cl)ccc21. The van der Waals surface area contributed by atoms with Crippen LogP contribution in [0.4, 0.5) is 5.69 Å². The van der Waals surface area contributed by atoms with Crippen molar-refractivity contribution in [2.45, 2.75) is 20.0 Å². The molecule has 19 heavy (non-hydrogen) atoms. The van der Waals surface area contributed by atoms with E-state index in [0.717, 1.165) is 4.90 Å². The molecular formula is C13H12ClNO4. The van der Waals surface area contributed by atoms with Crippen molar-refractivity contribution in [1.82, 2.24) is 0 Å². The second-order valence-electron chi connectivity index (χ2n) is 4.42. The minimum atomic E-state index is -0.738. The third-order valence-corrected chi connectivity index (χ3v) is 2.82. The standard InChI is InChI=1S/C13H12ClNO4/c1-7(2)19-11(16)6-15-10-4-3-8(14)5-9(10)12(17)13(15)18/h3-5,7H,6H2,1-2H3. The molecule has 1 heterocycles. The van der Waals surface area contributed by atoms with E-state index >= 15 is 0 Å². The minimum absolute atomic E-state index is 0.217. The second-order valence-corrected chi connectivity index (χ2v) is 4.86. The molecule has 1 aliphatic rings. The Labute approximate surface area is 115 Å². The molecule has 0 spiro atoms. The summed E-state index contributed by atoms with van der Waals surface area (Å²) in [5, 5.41) is 0.367. The summed E-state index contributed by atoms with van der Waals surface area (Å²) in [6.45, 7) is 3.14. The lowest BCUT2D eigenvalue weighted by Crippen LogP contribution is -2.36. The number of nitrogens with zero attached hydrogens (tertiary/aromatic N) is 1. The van der Waals surface area contributed by atoms with Gasteiger partial charge >= 0.3 is 5.97 Å². The number of esters is 1. The number of rotatable bonds is 3. The number of carbonyl (C=O) groups is 3. The summed E-state index contributed by atoms with van der Waals surface area (Å²) in [4.78, 5) is 36.3. The van der Waals surface area contributed by atoms with Crippen molar-refractivity contribution in [1.29, 1.82) is 0 Å².